The predicted octanol–water partition coefficient (Wildman–Crippen LogP) is 4.56. The van der Waals surface area contributed by atoms with Gasteiger partial charge < -0.3 is 14.4 Å². The molecule has 1 spiro atoms. The molecule has 6 rings (SSSR count). The first-order valence-electron chi connectivity index (χ1n) is 11.4. The maximum atomic E-state index is 13.3. The summed E-state index contributed by atoms with van der Waals surface area (Å²) in [6.45, 7) is 7.68. The van der Waals surface area contributed by atoms with E-state index in [2.05, 4.69) is 33.0 Å². The van der Waals surface area contributed by atoms with Crippen LogP contribution in [0.4, 0.5) is 0 Å². The van der Waals surface area contributed by atoms with Crippen LogP contribution in [0.3, 0.4) is 0 Å². The third-order valence-corrected chi connectivity index (χ3v) is 9.75. The van der Waals surface area contributed by atoms with Gasteiger partial charge in [0.05, 0.1) is 6.61 Å². The monoisotopic (exact) mass is 399 g/mol. The first-order valence-corrected chi connectivity index (χ1v) is 11.4. The molecule has 4 nitrogen and oxygen atoms in total. The van der Waals surface area contributed by atoms with Gasteiger partial charge in [-0.3, -0.25) is 4.79 Å². The Bertz CT molecular complexity index is 799. The van der Waals surface area contributed by atoms with E-state index in [0.29, 0.717) is 23.5 Å². The lowest BCUT2D eigenvalue weighted by molar-refractivity contribution is -0.344. The topological polar surface area (TPSA) is 38.8 Å². The summed E-state index contributed by atoms with van der Waals surface area (Å²) in [5, 5.41) is 0. The van der Waals surface area contributed by atoms with E-state index in [9.17, 15) is 4.79 Å². The maximum absolute atomic E-state index is 13.3. The van der Waals surface area contributed by atoms with Crippen molar-refractivity contribution in [1.82, 2.24) is 4.90 Å². The summed E-state index contributed by atoms with van der Waals surface area (Å²) < 4.78 is 12.5. The van der Waals surface area contributed by atoms with Crippen LogP contribution in [-0.2, 0) is 14.3 Å². The van der Waals surface area contributed by atoms with Crippen LogP contribution >= 0.6 is 0 Å². The van der Waals surface area contributed by atoms with Crippen LogP contribution in [0.25, 0.3) is 0 Å². The minimum absolute atomic E-state index is 0.0918. The van der Waals surface area contributed by atoms with Crippen LogP contribution in [0, 0.1) is 34.0 Å². The second-order valence-corrected chi connectivity index (χ2v) is 11.4. The van der Waals surface area contributed by atoms with Gasteiger partial charge in [0.1, 0.15) is 0 Å². The summed E-state index contributed by atoms with van der Waals surface area (Å²) in [5.74, 6) is 1.61. The minimum Gasteiger partial charge on any atom is -0.383 e. The van der Waals surface area contributed by atoms with E-state index in [1.54, 1.807) is 12.7 Å². The number of Topliss-reactive ketones (excluding diaryl/α,β-unsaturated/α-hetero) is 1. The van der Waals surface area contributed by atoms with Crippen LogP contribution < -0.4 is 0 Å². The van der Waals surface area contributed by atoms with Gasteiger partial charge in [0.2, 0.25) is 0 Å². The number of ketones is 1. The van der Waals surface area contributed by atoms with Crippen molar-refractivity contribution in [2.24, 2.45) is 34.0 Å². The van der Waals surface area contributed by atoms with Crippen molar-refractivity contribution in [2.75, 3.05) is 27.8 Å². The molecule has 0 amide bonds. The van der Waals surface area contributed by atoms with Crippen molar-refractivity contribution in [1.29, 1.82) is 0 Å². The van der Waals surface area contributed by atoms with Gasteiger partial charge in [-0.05, 0) is 49.9 Å². The van der Waals surface area contributed by atoms with E-state index in [4.69, 9.17) is 9.47 Å². The Morgan fingerprint density at radius 3 is 2.55 bits per heavy atom. The number of allylic oxidation sites excluding steroid dienone is 2. The van der Waals surface area contributed by atoms with Crippen molar-refractivity contribution < 1.29 is 14.3 Å². The second-order valence-electron chi connectivity index (χ2n) is 11.4. The van der Waals surface area contributed by atoms with Crippen molar-refractivity contribution in [3.8, 4) is 0 Å². The molecular weight excluding hydrogens is 362 g/mol. The molecule has 0 radical (unpaired) electrons. The Hall–Kier alpha value is -1.13. The van der Waals surface area contributed by atoms with E-state index in [1.807, 2.05) is 19.0 Å². The van der Waals surface area contributed by atoms with Gasteiger partial charge in [-0.1, -0.05) is 32.4 Å². The summed E-state index contributed by atoms with van der Waals surface area (Å²) in [6.07, 6.45) is 11.0. The third-order valence-electron chi connectivity index (χ3n) is 9.75. The van der Waals surface area contributed by atoms with Gasteiger partial charge >= 0.3 is 0 Å². The predicted molar refractivity (Wildman–Crippen MR) is 113 cm³/mol. The molecule has 0 aromatic heterocycles. The highest BCUT2D eigenvalue weighted by molar-refractivity contribution is 6.02. The normalized spacial score (nSPS) is 48.8. The van der Waals surface area contributed by atoms with Crippen molar-refractivity contribution >= 4 is 5.78 Å². The number of nitrogens with zero attached hydrogens (tertiary/aromatic N) is 1. The first kappa shape index (κ1) is 19.8. The first-order chi connectivity index (χ1) is 13.6. The van der Waals surface area contributed by atoms with Gasteiger partial charge in [-0.15, -0.1) is 0 Å². The Balaban J connectivity index is 1.55. The molecule has 6 atom stereocenters. The number of hydrogen-bond acceptors (Lipinski definition) is 4. The third kappa shape index (κ3) is 2.25. The fourth-order valence-electron chi connectivity index (χ4n) is 8.33. The number of carbonyl (C=O) groups is 1. The number of methoxy groups -OCH3 is 1. The number of carbonyl (C=O) groups excluding carboxylic acids is 1. The zero-order valence-corrected chi connectivity index (χ0v) is 19.0. The summed E-state index contributed by atoms with van der Waals surface area (Å²) in [5.41, 5.74) is 2.50. The van der Waals surface area contributed by atoms with E-state index < -0.39 is 5.79 Å². The van der Waals surface area contributed by atoms with Crippen molar-refractivity contribution in [3.63, 3.8) is 0 Å². The summed E-state index contributed by atoms with van der Waals surface area (Å²) in [6, 6.07) is 0. The standard InChI is InChI=1S/C25H37NO3/c1-22(2)20-8-7-17-18(24(20)11-12-25(22,28-6)29-15-24)9-10-23(3)19(17)13-16(21(23)27)14-26(4)5/h8,14,17-19H,7,9-13,15H2,1-6H3/b16-14-. The van der Waals surface area contributed by atoms with Gasteiger partial charge in [0, 0.05) is 55.6 Å². The van der Waals surface area contributed by atoms with E-state index in [1.165, 1.54) is 0 Å². The molecule has 2 heterocycles. The highest BCUT2D eigenvalue weighted by Gasteiger charge is 2.69. The number of fused-ring (bicyclic) bond motifs is 5. The molecule has 6 unspecified atom stereocenters. The highest BCUT2D eigenvalue weighted by Crippen LogP contribution is 2.71. The van der Waals surface area contributed by atoms with Crippen LogP contribution in [0.2, 0.25) is 0 Å². The lowest BCUT2D eigenvalue weighted by Gasteiger charge is -2.68. The van der Waals surface area contributed by atoms with Gasteiger partial charge in [-0.25, -0.2) is 0 Å². The average Bonchev–Trinajstić information content (AvgIpc) is 2.93. The lowest BCUT2D eigenvalue weighted by Crippen LogP contribution is -2.67. The Morgan fingerprint density at radius 2 is 1.93 bits per heavy atom. The van der Waals surface area contributed by atoms with Crippen LogP contribution in [0.5, 0.6) is 0 Å². The molecule has 160 valence electrons. The maximum Gasteiger partial charge on any atom is 0.176 e. The molecule has 2 saturated heterocycles. The van der Waals surface area contributed by atoms with Crippen molar-refractivity contribution in [3.05, 3.63) is 23.4 Å². The van der Waals surface area contributed by atoms with Gasteiger partial charge in [0.15, 0.2) is 11.6 Å². The fourth-order valence-corrected chi connectivity index (χ4v) is 8.33. The molecule has 0 N–H and O–H groups in total. The molecule has 0 aromatic carbocycles. The molecule has 2 aliphatic heterocycles. The lowest BCUT2D eigenvalue weighted by atomic mass is 9.43. The second kappa shape index (κ2) is 5.97. The Morgan fingerprint density at radius 1 is 1.17 bits per heavy atom. The molecule has 29 heavy (non-hydrogen) atoms. The molecular formula is C25H37NO3. The molecule has 4 aliphatic carbocycles. The number of hydrogen-bond donors (Lipinski definition) is 0. The molecule has 4 heteroatoms. The highest BCUT2D eigenvalue weighted by atomic mass is 16.7. The molecule has 5 fully saturated rings. The van der Waals surface area contributed by atoms with E-state index in [0.717, 1.165) is 50.7 Å². The molecule has 3 saturated carbocycles. The summed E-state index contributed by atoms with van der Waals surface area (Å²) in [7, 11) is 5.85. The van der Waals surface area contributed by atoms with Crippen LogP contribution in [0.15, 0.2) is 23.4 Å². The number of rotatable bonds is 2. The smallest absolute Gasteiger partial charge is 0.176 e. The fraction of sp³-hybridized carbons (Fsp3) is 0.800. The van der Waals surface area contributed by atoms with Gasteiger partial charge in [0.25, 0.3) is 0 Å². The molecule has 0 aromatic rings. The van der Waals surface area contributed by atoms with Gasteiger partial charge in [-0.2, -0.15) is 0 Å². The SMILES string of the molecule is COC12CCC3(CO1)C(=CCC1C4C/C(=C/N(C)C)C(=O)C4(C)CCC13)C2(C)C. The largest absolute Gasteiger partial charge is 0.383 e. The van der Waals surface area contributed by atoms with E-state index >= 15 is 0 Å². The Kier molecular flexibility index (Phi) is 4.08. The molecule has 2 bridgehead atoms. The quantitative estimate of drug-likeness (QED) is 0.504. The molecule has 6 aliphatic rings. The summed E-state index contributed by atoms with van der Waals surface area (Å²) >= 11 is 0. The number of ether oxygens (including phenoxy) is 2. The minimum atomic E-state index is -0.471. The average molecular weight is 400 g/mol. The zero-order valence-electron chi connectivity index (χ0n) is 19.0. The van der Waals surface area contributed by atoms with Crippen LogP contribution in [-0.4, -0.2) is 44.3 Å². The van der Waals surface area contributed by atoms with E-state index in [-0.39, 0.29) is 16.2 Å². The van der Waals surface area contributed by atoms with Crippen molar-refractivity contribution in [2.45, 2.75) is 65.1 Å². The summed E-state index contributed by atoms with van der Waals surface area (Å²) in [4.78, 5) is 15.4. The zero-order chi connectivity index (χ0) is 20.8. The van der Waals surface area contributed by atoms with Crippen LogP contribution in [0.1, 0.15) is 59.3 Å². The Labute approximate surface area is 175 Å².